The monoisotopic (exact) mass is 281 g/mol. The number of hydrogen-bond donors (Lipinski definition) is 1. The van der Waals surface area contributed by atoms with E-state index in [2.05, 4.69) is 49.9 Å². The van der Waals surface area contributed by atoms with Gasteiger partial charge in [-0.25, -0.2) is 0 Å². The summed E-state index contributed by atoms with van der Waals surface area (Å²) < 4.78 is 0. The van der Waals surface area contributed by atoms with Crippen LogP contribution in [0.1, 0.15) is 53.4 Å². The highest BCUT2D eigenvalue weighted by Gasteiger charge is 2.36. The lowest BCUT2D eigenvalue weighted by Gasteiger charge is -2.48. The van der Waals surface area contributed by atoms with Crippen molar-refractivity contribution in [1.29, 1.82) is 0 Å². The Labute approximate surface area is 126 Å². The zero-order valence-corrected chi connectivity index (χ0v) is 14.3. The van der Waals surface area contributed by atoms with Crippen LogP contribution in [-0.4, -0.2) is 61.2 Å². The summed E-state index contributed by atoms with van der Waals surface area (Å²) in [6, 6.07) is 0.830. The molecule has 0 aromatic rings. The summed E-state index contributed by atoms with van der Waals surface area (Å²) in [6.07, 6.45) is 5.36. The largest absolute Gasteiger partial charge is 0.313 e. The number of likely N-dealkylation sites (N-methyl/N-ethyl adjacent to an activating group) is 1. The molecule has 1 aliphatic heterocycles. The van der Waals surface area contributed by atoms with E-state index in [0.717, 1.165) is 6.04 Å². The van der Waals surface area contributed by atoms with Crippen molar-refractivity contribution in [2.75, 3.05) is 39.8 Å². The molecule has 0 amide bonds. The highest BCUT2D eigenvalue weighted by molar-refractivity contribution is 4.93. The molecule has 0 aromatic heterocycles. The van der Waals surface area contributed by atoms with Crippen LogP contribution in [0.25, 0.3) is 0 Å². The van der Waals surface area contributed by atoms with E-state index < -0.39 is 0 Å². The van der Waals surface area contributed by atoms with E-state index in [1.165, 1.54) is 58.4 Å². The van der Waals surface area contributed by atoms with Gasteiger partial charge in [-0.1, -0.05) is 13.8 Å². The molecule has 1 saturated heterocycles. The van der Waals surface area contributed by atoms with Crippen LogP contribution in [0.4, 0.5) is 0 Å². The minimum absolute atomic E-state index is 0.315. The molecule has 0 atom stereocenters. The number of rotatable bonds is 7. The molecule has 0 radical (unpaired) electrons. The standard InChI is InChI=1S/C17H35N3/c1-6-17(7-2,12-18-15-8-9-15)14-20-11-10-19(5)16(3,4)13-20/h15,18H,6-14H2,1-5H3. The zero-order chi connectivity index (χ0) is 14.8. The Hall–Kier alpha value is -0.120. The van der Waals surface area contributed by atoms with Gasteiger partial charge in [0.05, 0.1) is 0 Å². The normalized spacial score (nSPS) is 25.1. The summed E-state index contributed by atoms with van der Waals surface area (Å²) in [4.78, 5) is 5.22. The number of nitrogens with one attached hydrogen (secondary N) is 1. The predicted molar refractivity (Wildman–Crippen MR) is 87.2 cm³/mol. The van der Waals surface area contributed by atoms with E-state index in [4.69, 9.17) is 0 Å². The Bertz CT molecular complexity index is 305. The first-order valence-corrected chi connectivity index (χ1v) is 8.58. The van der Waals surface area contributed by atoms with Crippen molar-refractivity contribution in [2.24, 2.45) is 5.41 Å². The summed E-state index contributed by atoms with van der Waals surface area (Å²) in [6.45, 7) is 15.6. The molecule has 1 aliphatic carbocycles. The first kappa shape index (κ1) is 16.3. The highest BCUT2D eigenvalue weighted by atomic mass is 15.3. The van der Waals surface area contributed by atoms with Gasteiger partial charge in [0.2, 0.25) is 0 Å². The van der Waals surface area contributed by atoms with Crippen LogP contribution in [0.2, 0.25) is 0 Å². The molecular weight excluding hydrogens is 246 g/mol. The maximum absolute atomic E-state index is 3.78. The second kappa shape index (κ2) is 6.33. The molecule has 2 aliphatic rings. The van der Waals surface area contributed by atoms with Crippen molar-refractivity contribution in [3.63, 3.8) is 0 Å². The Morgan fingerprint density at radius 1 is 1.15 bits per heavy atom. The Morgan fingerprint density at radius 2 is 1.80 bits per heavy atom. The van der Waals surface area contributed by atoms with Gasteiger partial charge < -0.3 is 5.32 Å². The van der Waals surface area contributed by atoms with Gasteiger partial charge in [-0.2, -0.15) is 0 Å². The van der Waals surface area contributed by atoms with Crippen LogP contribution < -0.4 is 5.32 Å². The summed E-state index contributed by atoms with van der Waals surface area (Å²) in [5, 5.41) is 3.78. The van der Waals surface area contributed by atoms with Crippen LogP contribution in [0.5, 0.6) is 0 Å². The highest BCUT2D eigenvalue weighted by Crippen LogP contribution is 2.31. The van der Waals surface area contributed by atoms with Gasteiger partial charge in [-0.3, -0.25) is 9.80 Å². The Kier molecular flexibility index (Phi) is 5.14. The second-order valence-electron chi connectivity index (χ2n) is 7.81. The van der Waals surface area contributed by atoms with Crippen molar-refractivity contribution in [1.82, 2.24) is 15.1 Å². The van der Waals surface area contributed by atoms with Gasteiger partial charge in [-0.05, 0) is 52.0 Å². The minimum atomic E-state index is 0.315. The van der Waals surface area contributed by atoms with Crippen molar-refractivity contribution in [3.8, 4) is 0 Å². The molecule has 1 saturated carbocycles. The molecule has 0 unspecified atom stereocenters. The second-order valence-corrected chi connectivity index (χ2v) is 7.81. The van der Waals surface area contributed by atoms with Crippen LogP contribution in [0.15, 0.2) is 0 Å². The summed E-state index contributed by atoms with van der Waals surface area (Å²) in [7, 11) is 2.26. The SMILES string of the molecule is CCC(CC)(CNC1CC1)CN1CCN(C)C(C)(C)C1. The van der Waals surface area contributed by atoms with Gasteiger partial charge in [-0.15, -0.1) is 0 Å². The lowest BCUT2D eigenvalue weighted by atomic mass is 9.81. The van der Waals surface area contributed by atoms with E-state index in [-0.39, 0.29) is 0 Å². The average molecular weight is 281 g/mol. The average Bonchev–Trinajstić information content (AvgIpc) is 3.23. The van der Waals surface area contributed by atoms with Crippen LogP contribution in [0.3, 0.4) is 0 Å². The van der Waals surface area contributed by atoms with E-state index >= 15 is 0 Å². The lowest BCUT2D eigenvalue weighted by molar-refractivity contribution is 0.0134. The van der Waals surface area contributed by atoms with Gasteiger partial charge in [0.1, 0.15) is 0 Å². The third-order valence-electron chi connectivity index (χ3n) is 5.80. The van der Waals surface area contributed by atoms with Crippen LogP contribution in [0, 0.1) is 5.41 Å². The molecule has 3 nitrogen and oxygen atoms in total. The maximum Gasteiger partial charge on any atom is 0.0277 e. The Balaban J connectivity index is 1.92. The molecule has 0 bridgehead atoms. The fraction of sp³-hybridized carbons (Fsp3) is 1.00. The smallest absolute Gasteiger partial charge is 0.0277 e. The molecule has 3 heteroatoms. The lowest BCUT2D eigenvalue weighted by Crippen LogP contribution is -2.59. The summed E-state index contributed by atoms with van der Waals surface area (Å²) in [5.74, 6) is 0. The number of piperazine rings is 1. The minimum Gasteiger partial charge on any atom is -0.313 e. The molecule has 2 fully saturated rings. The molecule has 0 spiro atoms. The molecular formula is C17H35N3. The third kappa shape index (κ3) is 3.96. The first-order chi connectivity index (χ1) is 9.41. The molecule has 118 valence electrons. The quantitative estimate of drug-likeness (QED) is 0.774. The van der Waals surface area contributed by atoms with E-state index in [0.29, 0.717) is 11.0 Å². The van der Waals surface area contributed by atoms with E-state index in [1.54, 1.807) is 0 Å². The Morgan fingerprint density at radius 3 is 2.30 bits per heavy atom. The van der Waals surface area contributed by atoms with Crippen molar-refractivity contribution in [2.45, 2.75) is 65.0 Å². The van der Waals surface area contributed by atoms with Crippen molar-refractivity contribution in [3.05, 3.63) is 0 Å². The summed E-state index contributed by atoms with van der Waals surface area (Å²) >= 11 is 0. The fourth-order valence-corrected chi connectivity index (χ4v) is 3.38. The van der Waals surface area contributed by atoms with Gasteiger partial charge in [0.15, 0.2) is 0 Å². The number of hydrogen-bond acceptors (Lipinski definition) is 3. The molecule has 1 N–H and O–H groups in total. The third-order valence-corrected chi connectivity index (χ3v) is 5.80. The van der Waals surface area contributed by atoms with Gasteiger partial charge in [0.25, 0.3) is 0 Å². The zero-order valence-electron chi connectivity index (χ0n) is 14.3. The first-order valence-electron chi connectivity index (χ1n) is 8.58. The van der Waals surface area contributed by atoms with Gasteiger partial charge in [0, 0.05) is 44.3 Å². The van der Waals surface area contributed by atoms with Crippen LogP contribution >= 0.6 is 0 Å². The molecule has 20 heavy (non-hydrogen) atoms. The van der Waals surface area contributed by atoms with Gasteiger partial charge >= 0.3 is 0 Å². The van der Waals surface area contributed by atoms with Crippen molar-refractivity contribution < 1.29 is 0 Å². The topological polar surface area (TPSA) is 18.5 Å². The van der Waals surface area contributed by atoms with E-state index in [9.17, 15) is 0 Å². The molecule has 1 heterocycles. The molecule has 0 aromatic carbocycles. The molecule has 2 rings (SSSR count). The van der Waals surface area contributed by atoms with Crippen LogP contribution in [-0.2, 0) is 0 Å². The number of nitrogens with zero attached hydrogens (tertiary/aromatic N) is 2. The van der Waals surface area contributed by atoms with E-state index in [1.807, 2.05) is 0 Å². The predicted octanol–water partition coefficient (Wildman–Crippen LogP) is 2.57. The maximum atomic E-state index is 3.78. The van der Waals surface area contributed by atoms with Crippen molar-refractivity contribution >= 4 is 0 Å². The fourth-order valence-electron chi connectivity index (χ4n) is 3.38. The summed E-state index contributed by atoms with van der Waals surface area (Å²) in [5.41, 5.74) is 0.782.